The second kappa shape index (κ2) is 5.68. The van der Waals surface area contributed by atoms with Crippen molar-refractivity contribution >= 4 is 23.0 Å². The van der Waals surface area contributed by atoms with Crippen molar-refractivity contribution in [2.45, 2.75) is 6.54 Å². The number of aryl methyl sites for hydroxylation is 1. The number of nitrogens with two attached hydrogens (primary N) is 1. The largest absolute Gasteiger partial charge is 0.383 e. The predicted molar refractivity (Wildman–Crippen MR) is 78.1 cm³/mol. The van der Waals surface area contributed by atoms with Gasteiger partial charge in [0.05, 0.1) is 12.9 Å². The Balaban J connectivity index is 2.46. The summed E-state index contributed by atoms with van der Waals surface area (Å²) in [4.78, 5) is 43.4. The molecule has 0 aliphatic rings. The van der Waals surface area contributed by atoms with Crippen molar-refractivity contribution in [2.24, 2.45) is 25.0 Å². The first kappa shape index (κ1) is 15.2. The number of fused-ring (bicyclic) bond motifs is 1. The molecule has 116 valence electrons. The van der Waals surface area contributed by atoms with E-state index in [0.717, 1.165) is 10.6 Å². The van der Waals surface area contributed by atoms with E-state index in [2.05, 4.69) is 21.6 Å². The van der Waals surface area contributed by atoms with Crippen LogP contribution in [0.5, 0.6) is 0 Å². The van der Waals surface area contributed by atoms with Crippen molar-refractivity contribution in [3.8, 4) is 0 Å². The Hall–Kier alpha value is -3.17. The summed E-state index contributed by atoms with van der Waals surface area (Å²) in [6.45, 7) is 3.18. The first-order valence-electron chi connectivity index (χ1n) is 6.13. The Bertz CT molecular complexity index is 901. The lowest BCUT2D eigenvalue weighted by Gasteiger charge is -2.06. The lowest BCUT2D eigenvalue weighted by molar-refractivity contribution is -0.137. The molecule has 2 heterocycles. The first-order valence-corrected chi connectivity index (χ1v) is 6.13. The van der Waals surface area contributed by atoms with Crippen LogP contribution in [0.2, 0.25) is 0 Å². The second-order valence-electron chi connectivity index (χ2n) is 4.45. The highest BCUT2D eigenvalue weighted by Gasteiger charge is 2.14. The fourth-order valence-corrected chi connectivity index (χ4v) is 1.86. The fourth-order valence-electron chi connectivity index (χ4n) is 1.86. The molecule has 0 saturated carbocycles. The van der Waals surface area contributed by atoms with Crippen LogP contribution in [0, 0.1) is 0 Å². The number of aromatic nitrogens is 4. The average molecular weight is 306 g/mol. The Morgan fingerprint density at radius 2 is 2.14 bits per heavy atom. The van der Waals surface area contributed by atoms with Gasteiger partial charge in [-0.1, -0.05) is 11.7 Å². The number of imidazole rings is 1. The summed E-state index contributed by atoms with van der Waals surface area (Å²) in [5, 5.41) is 3.42. The van der Waals surface area contributed by atoms with E-state index in [9.17, 15) is 14.4 Å². The van der Waals surface area contributed by atoms with Gasteiger partial charge in [-0.3, -0.25) is 13.9 Å². The van der Waals surface area contributed by atoms with Gasteiger partial charge in [0, 0.05) is 20.2 Å². The molecule has 0 saturated heterocycles. The molecule has 10 nitrogen and oxygen atoms in total. The molecule has 2 aromatic rings. The van der Waals surface area contributed by atoms with E-state index in [1.807, 2.05) is 0 Å². The van der Waals surface area contributed by atoms with Crippen LogP contribution < -0.4 is 17.0 Å². The third-order valence-electron chi connectivity index (χ3n) is 2.97. The van der Waals surface area contributed by atoms with Crippen molar-refractivity contribution < 1.29 is 9.63 Å². The van der Waals surface area contributed by atoms with Crippen molar-refractivity contribution in [1.29, 1.82) is 0 Å². The maximum atomic E-state index is 12.2. The minimum atomic E-state index is -0.753. The number of hydrogen-bond acceptors (Lipinski definition) is 6. The van der Waals surface area contributed by atoms with Crippen LogP contribution in [0.25, 0.3) is 11.2 Å². The van der Waals surface area contributed by atoms with Gasteiger partial charge in [0.2, 0.25) is 0 Å². The molecular formula is C12H14N6O4. The van der Waals surface area contributed by atoms with Gasteiger partial charge < -0.3 is 15.1 Å². The Morgan fingerprint density at radius 3 is 2.77 bits per heavy atom. The summed E-state index contributed by atoms with van der Waals surface area (Å²) >= 11 is 0. The van der Waals surface area contributed by atoms with Crippen LogP contribution in [0.1, 0.15) is 0 Å². The van der Waals surface area contributed by atoms with Gasteiger partial charge in [0.15, 0.2) is 17.0 Å². The molecule has 2 N–H and O–H groups in total. The minimum absolute atomic E-state index is 0.0334. The van der Waals surface area contributed by atoms with Crippen LogP contribution in [-0.2, 0) is 30.3 Å². The van der Waals surface area contributed by atoms with Crippen LogP contribution in [-0.4, -0.2) is 30.5 Å². The topological polar surface area (TPSA) is 126 Å². The van der Waals surface area contributed by atoms with Crippen LogP contribution >= 0.6 is 0 Å². The van der Waals surface area contributed by atoms with Gasteiger partial charge in [-0.15, -0.1) is 0 Å². The average Bonchev–Trinajstić information content (AvgIpc) is 2.92. The zero-order valence-corrected chi connectivity index (χ0v) is 12.0. The van der Waals surface area contributed by atoms with Crippen molar-refractivity contribution in [2.75, 3.05) is 0 Å². The molecule has 0 radical (unpaired) electrons. The molecule has 10 heteroatoms. The quantitative estimate of drug-likeness (QED) is 0.239. The molecule has 2 aromatic heterocycles. The van der Waals surface area contributed by atoms with Crippen molar-refractivity contribution in [3.63, 3.8) is 0 Å². The molecule has 0 fully saturated rings. The van der Waals surface area contributed by atoms with E-state index in [4.69, 9.17) is 5.73 Å². The van der Waals surface area contributed by atoms with Crippen LogP contribution in [0.3, 0.4) is 0 Å². The number of rotatable bonds is 4. The van der Waals surface area contributed by atoms with Gasteiger partial charge >= 0.3 is 11.7 Å². The van der Waals surface area contributed by atoms with E-state index in [0.29, 0.717) is 0 Å². The van der Waals surface area contributed by atoms with E-state index < -0.39 is 17.2 Å². The van der Waals surface area contributed by atoms with E-state index in [-0.39, 0.29) is 23.5 Å². The van der Waals surface area contributed by atoms with Crippen molar-refractivity contribution in [3.05, 3.63) is 39.8 Å². The molecule has 0 aliphatic heterocycles. The molecule has 22 heavy (non-hydrogen) atoms. The van der Waals surface area contributed by atoms with Crippen LogP contribution in [0.4, 0.5) is 0 Å². The number of carbonyl (C=O) groups is 1. The third-order valence-corrected chi connectivity index (χ3v) is 2.97. The molecule has 0 atom stereocenters. The van der Waals surface area contributed by atoms with Gasteiger partial charge in [0.25, 0.3) is 5.56 Å². The summed E-state index contributed by atoms with van der Waals surface area (Å²) in [5.41, 5.74) is 5.06. The molecule has 0 aromatic carbocycles. The van der Waals surface area contributed by atoms with E-state index >= 15 is 0 Å². The maximum absolute atomic E-state index is 12.2. The number of oxime groups is 1. The Kier molecular flexibility index (Phi) is 3.93. The Morgan fingerprint density at radius 1 is 1.45 bits per heavy atom. The highest BCUT2D eigenvalue weighted by atomic mass is 16.7. The summed E-state index contributed by atoms with van der Waals surface area (Å²) < 4.78 is 3.63. The third kappa shape index (κ3) is 2.53. The number of carbonyl (C=O) groups excluding carboxylic acids is 1. The van der Waals surface area contributed by atoms with Gasteiger partial charge in [-0.05, 0) is 0 Å². The molecule has 0 aliphatic carbocycles. The molecule has 0 unspecified atom stereocenters. The second-order valence-corrected chi connectivity index (χ2v) is 4.45. The zero-order valence-electron chi connectivity index (χ0n) is 12.0. The summed E-state index contributed by atoms with van der Waals surface area (Å²) in [6, 6.07) is 0. The van der Waals surface area contributed by atoms with Crippen LogP contribution in [0.15, 0.2) is 33.7 Å². The summed E-state index contributed by atoms with van der Waals surface area (Å²) in [6.07, 6.45) is 2.29. The predicted octanol–water partition coefficient (Wildman–Crippen LogP) is -1.56. The van der Waals surface area contributed by atoms with Gasteiger partial charge in [-0.2, -0.15) is 0 Å². The standard InChI is InChI=1S/C12H14N6O4/c1-4-8(19)22-15-7(13)5-18-6-14-10-9(18)11(20)17(3)12(21)16(10)2/h4,6H,1,5H2,2-3H3,(H2,13,15). The first-order chi connectivity index (χ1) is 10.4. The number of hydrogen-bond donors (Lipinski definition) is 1. The van der Waals surface area contributed by atoms with E-state index in [1.54, 1.807) is 0 Å². The van der Waals surface area contributed by atoms with Crippen molar-refractivity contribution in [1.82, 2.24) is 18.7 Å². The molecule has 2 rings (SSSR count). The molecule has 0 spiro atoms. The van der Waals surface area contributed by atoms with E-state index in [1.165, 1.54) is 29.6 Å². The lowest BCUT2D eigenvalue weighted by atomic mass is 10.4. The summed E-state index contributed by atoms with van der Waals surface area (Å²) in [7, 11) is 2.87. The van der Waals surface area contributed by atoms with Gasteiger partial charge in [-0.25, -0.2) is 14.6 Å². The molecular weight excluding hydrogens is 292 g/mol. The highest BCUT2D eigenvalue weighted by Crippen LogP contribution is 2.05. The minimum Gasteiger partial charge on any atom is -0.383 e. The number of nitrogens with zero attached hydrogens (tertiary/aromatic N) is 5. The lowest BCUT2D eigenvalue weighted by Crippen LogP contribution is -2.38. The Labute approximate surface area is 123 Å². The maximum Gasteiger partial charge on any atom is 0.358 e. The molecule has 0 bridgehead atoms. The van der Waals surface area contributed by atoms with Gasteiger partial charge in [0.1, 0.15) is 0 Å². The zero-order chi connectivity index (χ0) is 16.4. The monoisotopic (exact) mass is 306 g/mol. The fraction of sp³-hybridized carbons (Fsp3) is 0.250. The summed E-state index contributed by atoms with van der Waals surface area (Å²) in [5.74, 6) is -0.804. The highest BCUT2D eigenvalue weighted by molar-refractivity contribution is 5.84. The normalized spacial score (nSPS) is 11.6. The number of amidine groups is 1. The molecule has 0 amide bonds. The SMILES string of the molecule is C=CC(=O)ON=C(N)Cn1cnc2c1c(=O)n(C)c(=O)n2C. The smallest absolute Gasteiger partial charge is 0.358 e.